The van der Waals surface area contributed by atoms with E-state index in [1.165, 1.54) is 0 Å². The molecule has 0 saturated heterocycles. The fourth-order valence-electron chi connectivity index (χ4n) is 1.64. The van der Waals surface area contributed by atoms with Crippen molar-refractivity contribution in [2.45, 2.75) is 25.5 Å². The second kappa shape index (κ2) is 7.62. The predicted molar refractivity (Wildman–Crippen MR) is 76.9 cm³/mol. The molecule has 106 valence electrons. The van der Waals surface area contributed by atoms with E-state index in [1.54, 1.807) is 32.0 Å². The lowest BCUT2D eigenvalue weighted by atomic mass is 10.1. The predicted octanol–water partition coefficient (Wildman–Crippen LogP) is 3.39. The van der Waals surface area contributed by atoms with E-state index in [9.17, 15) is 4.79 Å². The Balaban J connectivity index is 3.09. The summed E-state index contributed by atoms with van der Waals surface area (Å²) >= 11 is 3.24. The minimum absolute atomic E-state index is 0.305. The number of carbonyl (C=O) groups excluding carboxylic acids is 1. The molecule has 0 spiro atoms. The van der Waals surface area contributed by atoms with E-state index in [1.807, 2.05) is 13.0 Å². The second-order valence-corrected chi connectivity index (χ2v) is 4.70. The van der Waals surface area contributed by atoms with Crippen molar-refractivity contribution in [3.05, 3.63) is 29.8 Å². The monoisotopic (exact) mass is 330 g/mol. The number of Topliss-reactive ketones (excluding diaryl/α,β-unsaturated/α-hetero) is 1. The smallest absolute Gasteiger partial charge is 0.292 e. The molecule has 0 bridgehead atoms. The Kier molecular flexibility index (Phi) is 6.48. The maximum atomic E-state index is 12.6. The molecule has 0 saturated carbocycles. The quantitative estimate of drug-likeness (QED) is 0.416. The summed E-state index contributed by atoms with van der Waals surface area (Å²) in [7, 11) is 0. The molecule has 0 N–H and O–H groups in total. The van der Waals surface area contributed by atoms with Gasteiger partial charge in [-0.3, -0.25) is 4.79 Å². The third-order valence-corrected chi connectivity index (χ3v) is 3.18. The molecule has 0 atom stereocenters. The third kappa shape index (κ3) is 4.03. The van der Waals surface area contributed by atoms with E-state index in [4.69, 9.17) is 14.2 Å². The largest absolute Gasteiger partial charge is 0.493 e. The summed E-state index contributed by atoms with van der Waals surface area (Å²) in [5.74, 6) is 0.221. The van der Waals surface area contributed by atoms with Crippen LogP contribution in [-0.4, -0.2) is 30.3 Å². The minimum Gasteiger partial charge on any atom is -0.493 e. The summed E-state index contributed by atoms with van der Waals surface area (Å²) < 4.78 is 14.8. The van der Waals surface area contributed by atoms with Crippen LogP contribution in [0.15, 0.2) is 24.3 Å². The highest BCUT2D eigenvalue weighted by Gasteiger charge is 2.39. The van der Waals surface area contributed by atoms with Crippen LogP contribution in [0, 0.1) is 0 Å². The van der Waals surface area contributed by atoms with Crippen molar-refractivity contribution in [3.8, 4) is 5.75 Å². The molecule has 1 rings (SSSR count). The molecule has 1 aromatic carbocycles. The zero-order valence-corrected chi connectivity index (χ0v) is 13.0. The Morgan fingerprint density at radius 3 is 2.21 bits per heavy atom. The molecule has 0 aliphatic rings. The van der Waals surface area contributed by atoms with E-state index >= 15 is 0 Å². The van der Waals surface area contributed by atoms with Crippen molar-refractivity contribution in [1.82, 2.24) is 0 Å². The van der Waals surface area contributed by atoms with Crippen LogP contribution < -0.4 is 4.74 Å². The molecule has 0 aliphatic carbocycles. The van der Waals surface area contributed by atoms with Gasteiger partial charge in [-0.15, -0.1) is 0 Å². The number of halogens is 1. The van der Waals surface area contributed by atoms with Gasteiger partial charge in [0, 0.05) is 13.2 Å². The topological polar surface area (TPSA) is 44.8 Å². The molecular weight excluding hydrogens is 312 g/mol. The molecule has 0 fully saturated rings. The molecule has 19 heavy (non-hydrogen) atoms. The van der Waals surface area contributed by atoms with Crippen LogP contribution in [0.5, 0.6) is 5.75 Å². The number of hydrogen-bond acceptors (Lipinski definition) is 4. The first-order valence-corrected chi connectivity index (χ1v) is 7.11. The van der Waals surface area contributed by atoms with Crippen LogP contribution in [0.1, 0.15) is 31.1 Å². The van der Waals surface area contributed by atoms with Gasteiger partial charge < -0.3 is 14.2 Å². The normalized spacial score (nSPS) is 11.4. The lowest BCUT2D eigenvalue weighted by Gasteiger charge is -2.26. The molecule has 0 amide bonds. The van der Waals surface area contributed by atoms with Crippen LogP contribution in [0.4, 0.5) is 0 Å². The van der Waals surface area contributed by atoms with Crippen molar-refractivity contribution >= 4 is 21.7 Å². The fourth-order valence-corrected chi connectivity index (χ4v) is 2.31. The lowest BCUT2D eigenvalue weighted by molar-refractivity contribution is -0.128. The zero-order valence-electron chi connectivity index (χ0n) is 11.4. The maximum absolute atomic E-state index is 12.6. The van der Waals surface area contributed by atoms with Crippen molar-refractivity contribution in [3.63, 3.8) is 0 Å². The summed E-state index contributed by atoms with van der Waals surface area (Å²) in [6.45, 7) is 6.67. The van der Waals surface area contributed by atoms with Crippen molar-refractivity contribution < 1.29 is 19.0 Å². The number of ketones is 1. The van der Waals surface area contributed by atoms with Gasteiger partial charge in [0.1, 0.15) is 5.75 Å². The molecule has 0 unspecified atom stereocenters. The number of carbonyl (C=O) groups is 1. The number of hydrogen-bond donors (Lipinski definition) is 0. The van der Waals surface area contributed by atoms with E-state index < -0.39 is 4.70 Å². The zero-order chi connectivity index (χ0) is 14.3. The average molecular weight is 331 g/mol. The molecule has 0 heterocycles. The molecule has 5 heteroatoms. The summed E-state index contributed by atoms with van der Waals surface area (Å²) in [6.07, 6.45) is 0. The van der Waals surface area contributed by atoms with Gasteiger partial charge in [-0.2, -0.15) is 0 Å². The third-order valence-electron chi connectivity index (χ3n) is 2.36. The maximum Gasteiger partial charge on any atom is 0.292 e. The van der Waals surface area contributed by atoms with Crippen molar-refractivity contribution in [1.29, 1.82) is 0 Å². The van der Waals surface area contributed by atoms with Crippen LogP contribution >= 0.6 is 15.9 Å². The highest BCUT2D eigenvalue weighted by Crippen LogP contribution is 2.31. The SMILES string of the molecule is CCOc1ccccc1C(=O)C(Br)(OCC)OCC. The summed E-state index contributed by atoms with van der Waals surface area (Å²) in [4.78, 5) is 12.6. The van der Waals surface area contributed by atoms with Gasteiger partial charge in [-0.1, -0.05) is 12.1 Å². The van der Waals surface area contributed by atoms with Gasteiger partial charge >= 0.3 is 0 Å². The Bertz CT molecular complexity index is 414. The first-order chi connectivity index (χ1) is 9.09. The molecule has 0 aliphatic heterocycles. The van der Waals surface area contributed by atoms with E-state index in [-0.39, 0.29) is 5.78 Å². The van der Waals surface area contributed by atoms with Crippen LogP contribution in [0.3, 0.4) is 0 Å². The lowest BCUT2D eigenvalue weighted by Crippen LogP contribution is -2.38. The first-order valence-electron chi connectivity index (χ1n) is 6.32. The molecule has 4 nitrogen and oxygen atoms in total. The van der Waals surface area contributed by atoms with Crippen LogP contribution in [0.2, 0.25) is 0 Å². The van der Waals surface area contributed by atoms with Gasteiger partial charge in [0.05, 0.1) is 12.2 Å². The summed E-state index contributed by atoms with van der Waals surface area (Å²) in [6, 6.07) is 7.05. The molecular formula is C14H19BrO4. The molecule has 1 aromatic rings. The highest BCUT2D eigenvalue weighted by molar-refractivity contribution is 9.10. The highest BCUT2D eigenvalue weighted by atomic mass is 79.9. The van der Waals surface area contributed by atoms with Crippen LogP contribution in [-0.2, 0) is 9.47 Å². The Hall–Kier alpha value is -0.910. The van der Waals surface area contributed by atoms with E-state index in [0.29, 0.717) is 31.1 Å². The molecule has 0 radical (unpaired) electrons. The van der Waals surface area contributed by atoms with Crippen molar-refractivity contribution in [2.75, 3.05) is 19.8 Å². The Labute approximate surface area is 122 Å². The number of rotatable bonds is 8. The van der Waals surface area contributed by atoms with Gasteiger partial charge in [-0.05, 0) is 48.8 Å². The van der Waals surface area contributed by atoms with Crippen molar-refractivity contribution in [2.24, 2.45) is 0 Å². The van der Waals surface area contributed by atoms with Gasteiger partial charge in [0.25, 0.3) is 4.70 Å². The van der Waals surface area contributed by atoms with Crippen LogP contribution in [0.25, 0.3) is 0 Å². The average Bonchev–Trinajstić information content (AvgIpc) is 2.39. The van der Waals surface area contributed by atoms with Gasteiger partial charge in [-0.25, -0.2) is 0 Å². The van der Waals surface area contributed by atoms with Gasteiger partial charge in [0.2, 0.25) is 5.78 Å². The number of alkyl halides is 1. The van der Waals surface area contributed by atoms with E-state index in [2.05, 4.69) is 15.9 Å². The van der Waals surface area contributed by atoms with E-state index in [0.717, 1.165) is 0 Å². The number of ether oxygens (including phenoxy) is 3. The first kappa shape index (κ1) is 16.1. The second-order valence-electron chi connectivity index (χ2n) is 3.66. The standard InChI is InChI=1S/C14H19BrO4/c1-4-17-12-10-8-7-9-11(12)13(16)14(15,18-5-2)19-6-3/h7-10H,4-6H2,1-3H3. The summed E-state index contributed by atoms with van der Waals surface area (Å²) in [5, 5.41) is 0. The number of benzene rings is 1. The number of para-hydroxylation sites is 1. The van der Waals surface area contributed by atoms with Gasteiger partial charge in [0.15, 0.2) is 0 Å². The minimum atomic E-state index is -1.45. The Morgan fingerprint density at radius 2 is 1.68 bits per heavy atom. The molecule has 0 aromatic heterocycles. The Morgan fingerprint density at radius 1 is 1.11 bits per heavy atom. The fraction of sp³-hybridized carbons (Fsp3) is 0.500. The summed E-state index contributed by atoms with van der Waals surface area (Å²) in [5.41, 5.74) is 0.433.